The molecule has 0 aliphatic heterocycles. The quantitative estimate of drug-likeness (QED) is 0.563. The van der Waals surface area contributed by atoms with Gasteiger partial charge in [-0.3, -0.25) is 4.79 Å². The third-order valence-corrected chi connectivity index (χ3v) is 2.79. The Bertz CT molecular complexity index is 226. The molecule has 0 aromatic rings. The molecule has 3 nitrogen and oxygen atoms in total. The van der Waals surface area contributed by atoms with Crippen LogP contribution in [0, 0.1) is 5.41 Å². The van der Waals surface area contributed by atoms with Crippen LogP contribution in [0.25, 0.3) is 0 Å². The maximum absolute atomic E-state index is 11.9. The van der Waals surface area contributed by atoms with E-state index >= 15 is 0 Å². The van der Waals surface area contributed by atoms with Crippen molar-refractivity contribution in [3.05, 3.63) is 0 Å². The summed E-state index contributed by atoms with van der Waals surface area (Å²) >= 11 is 0. The fourth-order valence-corrected chi connectivity index (χ4v) is 1.70. The SMILES string of the molecule is CC(C)(C)OC(=O)C1(CCCCN)CC1. The first-order valence-corrected chi connectivity index (χ1v) is 5.83. The van der Waals surface area contributed by atoms with Gasteiger partial charge in [-0.2, -0.15) is 0 Å². The van der Waals surface area contributed by atoms with Crippen molar-refractivity contribution in [2.45, 2.75) is 58.5 Å². The third kappa shape index (κ3) is 3.82. The summed E-state index contributed by atoms with van der Waals surface area (Å²) < 4.78 is 5.43. The van der Waals surface area contributed by atoms with Crippen LogP contribution < -0.4 is 5.73 Å². The van der Waals surface area contributed by atoms with E-state index in [1.807, 2.05) is 20.8 Å². The summed E-state index contributed by atoms with van der Waals surface area (Å²) in [6.45, 7) is 6.47. The second-order valence-electron chi connectivity index (χ2n) is 5.53. The molecule has 1 rings (SSSR count). The summed E-state index contributed by atoms with van der Waals surface area (Å²) in [7, 11) is 0. The minimum absolute atomic E-state index is 0.00739. The van der Waals surface area contributed by atoms with Crippen LogP contribution in [0.4, 0.5) is 0 Å². The lowest BCUT2D eigenvalue weighted by Crippen LogP contribution is -2.29. The van der Waals surface area contributed by atoms with Gasteiger partial charge in [-0.1, -0.05) is 6.42 Å². The van der Waals surface area contributed by atoms with E-state index in [0.29, 0.717) is 6.54 Å². The van der Waals surface area contributed by atoms with E-state index in [-0.39, 0.29) is 17.0 Å². The molecule has 0 heterocycles. The summed E-state index contributed by atoms with van der Waals surface area (Å²) in [5.74, 6) is -0.00739. The van der Waals surface area contributed by atoms with E-state index in [4.69, 9.17) is 10.5 Å². The Hall–Kier alpha value is -0.570. The van der Waals surface area contributed by atoms with Crippen molar-refractivity contribution in [3.8, 4) is 0 Å². The van der Waals surface area contributed by atoms with Gasteiger partial charge in [0, 0.05) is 0 Å². The first kappa shape index (κ1) is 12.5. The van der Waals surface area contributed by atoms with Crippen LogP contribution in [0.3, 0.4) is 0 Å². The topological polar surface area (TPSA) is 52.3 Å². The normalized spacial score (nSPS) is 18.7. The number of ether oxygens (including phenoxy) is 1. The zero-order valence-corrected chi connectivity index (χ0v) is 10.1. The van der Waals surface area contributed by atoms with E-state index in [1.54, 1.807) is 0 Å². The molecule has 0 aromatic heterocycles. The number of esters is 1. The van der Waals surface area contributed by atoms with Gasteiger partial charge in [0.05, 0.1) is 5.41 Å². The molecule has 88 valence electrons. The number of unbranched alkanes of at least 4 members (excludes halogenated alkanes) is 1. The smallest absolute Gasteiger partial charge is 0.312 e. The number of hydrogen-bond donors (Lipinski definition) is 1. The Morgan fingerprint density at radius 1 is 1.33 bits per heavy atom. The predicted octanol–water partition coefficient (Wildman–Crippen LogP) is 2.24. The Morgan fingerprint density at radius 3 is 2.33 bits per heavy atom. The lowest BCUT2D eigenvalue weighted by molar-refractivity contribution is -0.162. The molecule has 15 heavy (non-hydrogen) atoms. The van der Waals surface area contributed by atoms with Crippen molar-refractivity contribution in [2.75, 3.05) is 6.54 Å². The van der Waals surface area contributed by atoms with Crippen LogP contribution in [0.15, 0.2) is 0 Å². The van der Waals surface area contributed by atoms with Gasteiger partial charge in [-0.05, 0) is 53.0 Å². The van der Waals surface area contributed by atoms with Gasteiger partial charge in [0.15, 0.2) is 0 Å². The maximum Gasteiger partial charge on any atom is 0.312 e. The summed E-state index contributed by atoms with van der Waals surface area (Å²) in [6, 6.07) is 0. The molecule has 0 radical (unpaired) electrons. The minimum atomic E-state index is -0.361. The Kier molecular flexibility index (Phi) is 3.77. The third-order valence-electron chi connectivity index (χ3n) is 2.79. The molecule has 0 amide bonds. The van der Waals surface area contributed by atoms with E-state index < -0.39 is 0 Å². The Morgan fingerprint density at radius 2 is 1.93 bits per heavy atom. The molecule has 0 spiro atoms. The van der Waals surface area contributed by atoms with Gasteiger partial charge >= 0.3 is 5.97 Å². The molecule has 3 heteroatoms. The standard InChI is InChI=1S/C12H23NO2/c1-11(2,3)15-10(14)12(7-8-12)6-4-5-9-13/h4-9,13H2,1-3H3. The van der Waals surface area contributed by atoms with Crippen molar-refractivity contribution < 1.29 is 9.53 Å². The molecule has 2 N–H and O–H groups in total. The van der Waals surface area contributed by atoms with Crippen LogP contribution in [-0.4, -0.2) is 18.1 Å². The fourth-order valence-electron chi connectivity index (χ4n) is 1.70. The number of hydrogen-bond acceptors (Lipinski definition) is 3. The number of nitrogens with two attached hydrogens (primary N) is 1. The van der Waals surface area contributed by atoms with E-state index in [0.717, 1.165) is 32.1 Å². The van der Waals surface area contributed by atoms with Crippen molar-refractivity contribution in [1.82, 2.24) is 0 Å². The molecule has 0 atom stereocenters. The summed E-state index contributed by atoms with van der Waals surface area (Å²) in [6.07, 6.45) is 4.97. The second kappa shape index (κ2) is 4.52. The molecular formula is C12H23NO2. The molecule has 0 bridgehead atoms. The van der Waals surface area contributed by atoms with Crippen molar-refractivity contribution in [2.24, 2.45) is 11.1 Å². The zero-order chi connectivity index (χ0) is 11.5. The van der Waals surface area contributed by atoms with Crippen molar-refractivity contribution >= 4 is 5.97 Å². The summed E-state index contributed by atoms with van der Waals surface area (Å²) in [5, 5.41) is 0. The maximum atomic E-state index is 11.9. The van der Waals surface area contributed by atoms with Crippen LogP contribution >= 0.6 is 0 Å². The van der Waals surface area contributed by atoms with Crippen LogP contribution in [0.1, 0.15) is 52.9 Å². The van der Waals surface area contributed by atoms with Crippen LogP contribution in [-0.2, 0) is 9.53 Å². The second-order valence-corrected chi connectivity index (χ2v) is 5.53. The van der Waals surface area contributed by atoms with Gasteiger partial charge in [-0.15, -0.1) is 0 Å². The fraction of sp³-hybridized carbons (Fsp3) is 0.917. The molecule has 1 saturated carbocycles. The molecule has 1 aliphatic rings. The van der Waals surface area contributed by atoms with Crippen LogP contribution in [0.5, 0.6) is 0 Å². The highest BCUT2D eigenvalue weighted by atomic mass is 16.6. The van der Waals surface area contributed by atoms with Gasteiger partial charge in [-0.25, -0.2) is 0 Å². The zero-order valence-electron chi connectivity index (χ0n) is 10.1. The number of carbonyl (C=O) groups is 1. The first-order chi connectivity index (χ1) is 6.90. The van der Waals surface area contributed by atoms with E-state index in [2.05, 4.69) is 0 Å². The highest BCUT2D eigenvalue weighted by molar-refractivity contribution is 5.80. The van der Waals surface area contributed by atoms with Gasteiger partial charge in [0.1, 0.15) is 5.60 Å². The number of rotatable bonds is 5. The largest absolute Gasteiger partial charge is 0.460 e. The average Bonchev–Trinajstić information content (AvgIpc) is 2.83. The van der Waals surface area contributed by atoms with Gasteiger partial charge in [0.25, 0.3) is 0 Å². The van der Waals surface area contributed by atoms with Crippen molar-refractivity contribution in [3.63, 3.8) is 0 Å². The molecule has 1 aliphatic carbocycles. The molecule has 0 unspecified atom stereocenters. The summed E-state index contributed by atoms with van der Waals surface area (Å²) in [5.41, 5.74) is 4.93. The van der Waals surface area contributed by atoms with E-state index in [1.165, 1.54) is 0 Å². The molecule has 1 fully saturated rings. The lowest BCUT2D eigenvalue weighted by Gasteiger charge is -2.23. The highest BCUT2D eigenvalue weighted by Crippen LogP contribution is 2.51. The average molecular weight is 213 g/mol. The Labute approximate surface area is 92.4 Å². The molecular weight excluding hydrogens is 190 g/mol. The lowest BCUT2D eigenvalue weighted by atomic mass is 9.99. The van der Waals surface area contributed by atoms with Gasteiger partial charge in [0.2, 0.25) is 0 Å². The highest BCUT2D eigenvalue weighted by Gasteiger charge is 2.51. The summed E-state index contributed by atoms with van der Waals surface area (Å²) in [4.78, 5) is 11.9. The van der Waals surface area contributed by atoms with Crippen molar-refractivity contribution in [1.29, 1.82) is 0 Å². The first-order valence-electron chi connectivity index (χ1n) is 5.83. The minimum Gasteiger partial charge on any atom is -0.460 e. The van der Waals surface area contributed by atoms with Crippen LogP contribution in [0.2, 0.25) is 0 Å². The molecule has 0 saturated heterocycles. The van der Waals surface area contributed by atoms with E-state index in [9.17, 15) is 4.79 Å². The Balaban J connectivity index is 2.38. The number of carbonyl (C=O) groups excluding carboxylic acids is 1. The monoisotopic (exact) mass is 213 g/mol. The predicted molar refractivity (Wildman–Crippen MR) is 60.4 cm³/mol. The van der Waals surface area contributed by atoms with Gasteiger partial charge < -0.3 is 10.5 Å². The molecule has 0 aromatic carbocycles.